The number of rotatable bonds is 1. The van der Waals surface area contributed by atoms with Crippen LogP contribution in [-0.4, -0.2) is 9.97 Å². The lowest BCUT2D eigenvalue weighted by atomic mass is 10.1. The Hall–Kier alpha value is -1.70. The fourth-order valence-corrected chi connectivity index (χ4v) is 1.39. The van der Waals surface area contributed by atoms with Gasteiger partial charge in [0.05, 0.1) is 11.4 Å². The summed E-state index contributed by atoms with van der Waals surface area (Å²) in [5, 5.41) is 0. The Balaban J connectivity index is 2.57. The summed E-state index contributed by atoms with van der Waals surface area (Å²) in [6, 6.07) is 9.96. The Kier molecular flexibility index (Phi) is 2.27. The molecule has 0 aliphatic heterocycles. The summed E-state index contributed by atoms with van der Waals surface area (Å²) in [5.41, 5.74) is 4.10. The van der Waals surface area contributed by atoms with Crippen molar-refractivity contribution in [2.45, 2.75) is 13.8 Å². The summed E-state index contributed by atoms with van der Waals surface area (Å²) in [5.74, 6) is 0. The highest BCUT2D eigenvalue weighted by atomic mass is 14.8. The number of aryl methyl sites for hydroxylation is 2. The number of pyridine rings is 2. The third kappa shape index (κ3) is 1.64. The topological polar surface area (TPSA) is 25.8 Å². The van der Waals surface area contributed by atoms with Crippen molar-refractivity contribution in [3.63, 3.8) is 0 Å². The van der Waals surface area contributed by atoms with E-state index in [1.165, 1.54) is 0 Å². The molecule has 2 heterocycles. The van der Waals surface area contributed by atoms with Crippen LogP contribution in [0.2, 0.25) is 0 Å². The van der Waals surface area contributed by atoms with Gasteiger partial charge in [-0.15, -0.1) is 0 Å². The van der Waals surface area contributed by atoms with Gasteiger partial charge in [-0.25, -0.2) is 0 Å². The van der Waals surface area contributed by atoms with Gasteiger partial charge in [-0.3, -0.25) is 9.97 Å². The van der Waals surface area contributed by atoms with E-state index in [1.807, 2.05) is 31.2 Å². The van der Waals surface area contributed by atoms with Crippen molar-refractivity contribution in [1.82, 2.24) is 9.97 Å². The maximum absolute atomic E-state index is 4.48. The van der Waals surface area contributed by atoms with E-state index in [1.54, 1.807) is 6.20 Å². The summed E-state index contributed by atoms with van der Waals surface area (Å²) in [7, 11) is 0. The molecule has 70 valence electrons. The van der Waals surface area contributed by atoms with Crippen LogP contribution in [0, 0.1) is 13.8 Å². The van der Waals surface area contributed by atoms with Gasteiger partial charge < -0.3 is 0 Å². The van der Waals surface area contributed by atoms with Crippen molar-refractivity contribution in [3.8, 4) is 11.4 Å². The molecule has 0 radical (unpaired) electrons. The summed E-state index contributed by atoms with van der Waals surface area (Å²) in [6.07, 6.45) is 1.79. The first-order chi connectivity index (χ1) is 6.77. The highest BCUT2D eigenvalue weighted by Gasteiger charge is 2.03. The largest absolute Gasteiger partial charge is 0.255 e. The van der Waals surface area contributed by atoms with E-state index in [2.05, 4.69) is 23.0 Å². The maximum atomic E-state index is 4.48. The zero-order valence-corrected chi connectivity index (χ0v) is 8.36. The van der Waals surface area contributed by atoms with Crippen molar-refractivity contribution < 1.29 is 0 Å². The predicted molar refractivity (Wildman–Crippen MR) is 56.9 cm³/mol. The van der Waals surface area contributed by atoms with Gasteiger partial charge in [-0.2, -0.15) is 0 Å². The van der Waals surface area contributed by atoms with Gasteiger partial charge in [0, 0.05) is 11.9 Å². The Morgan fingerprint density at radius 1 is 1.00 bits per heavy atom. The van der Waals surface area contributed by atoms with Crippen LogP contribution in [-0.2, 0) is 0 Å². The highest BCUT2D eigenvalue weighted by molar-refractivity contribution is 5.58. The molecule has 0 aromatic carbocycles. The van der Waals surface area contributed by atoms with Gasteiger partial charge >= 0.3 is 0 Å². The van der Waals surface area contributed by atoms with Crippen LogP contribution in [0.1, 0.15) is 11.3 Å². The normalized spacial score (nSPS) is 10.1. The van der Waals surface area contributed by atoms with E-state index >= 15 is 0 Å². The molecule has 0 amide bonds. The monoisotopic (exact) mass is 184 g/mol. The molecule has 0 fully saturated rings. The molecule has 14 heavy (non-hydrogen) atoms. The lowest BCUT2D eigenvalue weighted by Crippen LogP contribution is -1.92. The third-order valence-corrected chi connectivity index (χ3v) is 2.14. The van der Waals surface area contributed by atoms with Crippen LogP contribution in [0.5, 0.6) is 0 Å². The van der Waals surface area contributed by atoms with Crippen LogP contribution in [0.4, 0.5) is 0 Å². The molecule has 0 spiro atoms. The standard InChI is InChI=1S/C12H12N2/c1-9-6-7-10(2)14-12(9)11-5-3-4-8-13-11/h3-8H,1-2H3. The van der Waals surface area contributed by atoms with Gasteiger partial charge in [0.1, 0.15) is 0 Å². The molecular weight excluding hydrogens is 172 g/mol. The quantitative estimate of drug-likeness (QED) is 0.681. The zero-order chi connectivity index (χ0) is 9.97. The first-order valence-electron chi connectivity index (χ1n) is 4.63. The molecule has 0 aliphatic carbocycles. The van der Waals surface area contributed by atoms with Crippen molar-refractivity contribution >= 4 is 0 Å². The first-order valence-corrected chi connectivity index (χ1v) is 4.63. The molecule has 0 bridgehead atoms. The summed E-state index contributed by atoms with van der Waals surface area (Å²) < 4.78 is 0. The van der Waals surface area contributed by atoms with Crippen molar-refractivity contribution in [3.05, 3.63) is 47.8 Å². The van der Waals surface area contributed by atoms with Gasteiger partial charge in [0.2, 0.25) is 0 Å². The van der Waals surface area contributed by atoms with Crippen molar-refractivity contribution in [2.75, 3.05) is 0 Å². The minimum Gasteiger partial charge on any atom is -0.255 e. The van der Waals surface area contributed by atoms with E-state index in [4.69, 9.17) is 0 Å². The van der Waals surface area contributed by atoms with Crippen LogP contribution in [0.25, 0.3) is 11.4 Å². The predicted octanol–water partition coefficient (Wildman–Crippen LogP) is 2.76. The smallest absolute Gasteiger partial charge is 0.0918 e. The number of hydrogen-bond donors (Lipinski definition) is 0. The van der Waals surface area contributed by atoms with E-state index in [9.17, 15) is 0 Å². The van der Waals surface area contributed by atoms with E-state index in [0.29, 0.717) is 0 Å². The second-order valence-corrected chi connectivity index (χ2v) is 3.33. The van der Waals surface area contributed by atoms with Crippen LogP contribution < -0.4 is 0 Å². The molecule has 0 unspecified atom stereocenters. The lowest BCUT2D eigenvalue weighted by Gasteiger charge is -2.04. The molecular formula is C12H12N2. The molecule has 0 saturated carbocycles. The van der Waals surface area contributed by atoms with E-state index in [-0.39, 0.29) is 0 Å². The average molecular weight is 184 g/mol. The average Bonchev–Trinajstić information content (AvgIpc) is 2.23. The molecule has 2 heteroatoms. The fraction of sp³-hybridized carbons (Fsp3) is 0.167. The summed E-state index contributed by atoms with van der Waals surface area (Å²) in [6.45, 7) is 4.04. The molecule has 0 atom stereocenters. The second kappa shape index (κ2) is 3.58. The minimum absolute atomic E-state index is 0.939. The molecule has 0 N–H and O–H groups in total. The van der Waals surface area contributed by atoms with E-state index < -0.39 is 0 Å². The Labute approximate surface area is 83.7 Å². The van der Waals surface area contributed by atoms with Gasteiger partial charge in [0.15, 0.2) is 0 Å². The second-order valence-electron chi connectivity index (χ2n) is 3.33. The van der Waals surface area contributed by atoms with Gasteiger partial charge in [-0.1, -0.05) is 12.1 Å². The molecule has 0 saturated heterocycles. The van der Waals surface area contributed by atoms with Crippen LogP contribution in [0.15, 0.2) is 36.5 Å². The molecule has 2 rings (SSSR count). The molecule has 2 nitrogen and oxygen atoms in total. The SMILES string of the molecule is Cc1ccc(C)c(-c2ccccn2)n1. The van der Waals surface area contributed by atoms with Gasteiger partial charge in [0.25, 0.3) is 0 Å². The number of aromatic nitrogens is 2. The Morgan fingerprint density at radius 3 is 2.57 bits per heavy atom. The van der Waals surface area contributed by atoms with Crippen molar-refractivity contribution in [1.29, 1.82) is 0 Å². The molecule has 0 aliphatic rings. The van der Waals surface area contributed by atoms with Crippen molar-refractivity contribution in [2.24, 2.45) is 0 Å². The summed E-state index contributed by atoms with van der Waals surface area (Å²) in [4.78, 5) is 8.77. The van der Waals surface area contributed by atoms with Gasteiger partial charge in [-0.05, 0) is 37.6 Å². The Bertz CT molecular complexity index is 435. The lowest BCUT2D eigenvalue weighted by molar-refractivity contribution is 1.15. The maximum Gasteiger partial charge on any atom is 0.0918 e. The third-order valence-electron chi connectivity index (χ3n) is 2.14. The first kappa shape index (κ1) is 8.88. The minimum atomic E-state index is 0.939. The van der Waals surface area contributed by atoms with Crippen LogP contribution >= 0.6 is 0 Å². The zero-order valence-electron chi connectivity index (χ0n) is 8.36. The molecule has 2 aromatic rings. The Morgan fingerprint density at radius 2 is 1.86 bits per heavy atom. The number of nitrogens with zero attached hydrogens (tertiary/aromatic N) is 2. The van der Waals surface area contributed by atoms with Crippen LogP contribution in [0.3, 0.4) is 0 Å². The molecule has 2 aromatic heterocycles. The van der Waals surface area contributed by atoms with E-state index in [0.717, 1.165) is 22.6 Å². The fourth-order valence-electron chi connectivity index (χ4n) is 1.39. The highest BCUT2D eigenvalue weighted by Crippen LogP contribution is 2.18. The number of hydrogen-bond acceptors (Lipinski definition) is 2. The summed E-state index contributed by atoms with van der Waals surface area (Å²) >= 11 is 0.